The number of rotatable bonds is 3. The molecular weight excluding hydrogens is 196 g/mol. The molecule has 2 heteroatoms. The van der Waals surface area contributed by atoms with Gasteiger partial charge in [-0.15, -0.1) is 0 Å². The maximum atomic E-state index is 5.84. The minimum atomic E-state index is 0.905. The molecule has 16 heavy (non-hydrogen) atoms. The first kappa shape index (κ1) is 10.2. The lowest BCUT2D eigenvalue weighted by Crippen LogP contribution is -2.31. The molecule has 0 radical (unpaired) electrons. The highest BCUT2D eigenvalue weighted by molar-refractivity contribution is 5.45. The quantitative estimate of drug-likeness (QED) is 0.786. The Labute approximate surface area is 97.4 Å². The Bertz CT molecular complexity index is 382. The third-order valence-corrected chi connectivity index (χ3v) is 3.87. The summed E-state index contributed by atoms with van der Waals surface area (Å²) in [6.07, 6.45) is 5.53. The van der Waals surface area contributed by atoms with Crippen LogP contribution in [0.5, 0.6) is 0 Å². The van der Waals surface area contributed by atoms with E-state index in [9.17, 15) is 0 Å². The van der Waals surface area contributed by atoms with Crippen LogP contribution >= 0.6 is 0 Å². The van der Waals surface area contributed by atoms with Gasteiger partial charge in [0.15, 0.2) is 0 Å². The highest BCUT2D eigenvalue weighted by Crippen LogP contribution is 2.33. The van der Waals surface area contributed by atoms with Crippen molar-refractivity contribution >= 4 is 5.69 Å². The van der Waals surface area contributed by atoms with Gasteiger partial charge in [0.2, 0.25) is 0 Å². The van der Waals surface area contributed by atoms with Crippen molar-refractivity contribution in [3.05, 3.63) is 29.3 Å². The van der Waals surface area contributed by atoms with Gasteiger partial charge in [-0.25, -0.2) is 0 Å². The summed E-state index contributed by atoms with van der Waals surface area (Å²) in [7, 11) is 0. The van der Waals surface area contributed by atoms with Gasteiger partial charge in [-0.1, -0.05) is 18.9 Å². The molecule has 1 aromatic rings. The lowest BCUT2D eigenvalue weighted by atomic mass is 9.99. The van der Waals surface area contributed by atoms with Crippen LogP contribution in [0.25, 0.3) is 0 Å². The molecule has 0 atom stereocenters. The van der Waals surface area contributed by atoms with E-state index in [0.29, 0.717) is 0 Å². The normalized spacial score (nSPS) is 20.8. The highest BCUT2D eigenvalue weighted by Gasteiger charge is 2.23. The molecule has 86 valence electrons. The van der Waals surface area contributed by atoms with Crippen LogP contribution in [0.4, 0.5) is 5.69 Å². The van der Waals surface area contributed by atoms with Crippen LogP contribution in [0.2, 0.25) is 0 Å². The number of hydrogen-bond acceptors (Lipinski definition) is 2. The van der Waals surface area contributed by atoms with Crippen molar-refractivity contribution in [2.24, 2.45) is 5.92 Å². The average molecular weight is 216 g/mol. The van der Waals surface area contributed by atoms with Crippen molar-refractivity contribution in [1.82, 2.24) is 4.90 Å². The van der Waals surface area contributed by atoms with Crippen molar-refractivity contribution in [2.45, 2.75) is 32.2 Å². The highest BCUT2D eigenvalue weighted by atomic mass is 15.1. The Kier molecular flexibility index (Phi) is 2.60. The van der Waals surface area contributed by atoms with Gasteiger partial charge in [0.1, 0.15) is 0 Å². The number of nitrogens with two attached hydrogens (primary N) is 1. The molecule has 0 amide bonds. The third-order valence-electron chi connectivity index (χ3n) is 3.87. The van der Waals surface area contributed by atoms with Crippen molar-refractivity contribution in [2.75, 3.05) is 18.8 Å². The zero-order valence-electron chi connectivity index (χ0n) is 9.78. The lowest BCUT2D eigenvalue weighted by molar-refractivity contribution is 0.246. The van der Waals surface area contributed by atoms with E-state index in [1.807, 2.05) is 6.07 Å². The van der Waals surface area contributed by atoms with Gasteiger partial charge in [0.25, 0.3) is 0 Å². The summed E-state index contributed by atoms with van der Waals surface area (Å²) in [5.41, 5.74) is 9.69. The summed E-state index contributed by atoms with van der Waals surface area (Å²) in [6.45, 7) is 3.61. The van der Waals surface area contributed by atoms with Crippen LogP contribution in [0.1, 0.15) is 30.4 Å². The zero-order valence-corrected chi connectivity index (χ0v) is 9.78. The Morgan fingerprint density at radius 3 is 2.94 bits per heavy atom. The fourth-order valence-electron chi connectivity index (χ4n) is 2.60. The van der Waals surface area contributed by atoms with Crippen LogP contribution < -0.4 is 5.73 Å². The van der Waals surface area contributed by atoms with Gasteiger partial charge in [-0.2, -0.15) is 0 Å². The topological polar surface area (TPSA) is 29.3 Å². The molecule has 1 heterocycles. The van der Waals surface area contributed by atoms with Crippen molar-refractivity contribution in [3.8, 4) is 0 Å². The predicted octanol–water partition coefficient (Wildman–Crippen LogP) is 2.43. The number of benzene rings is 1. The second-order valence-electron chi connectivity index (χ2n) is 5.29. The molecule has 1 aliphatic carbocycles. The van der Waals surface area contributed by atoms with E-state index in [1.165, 1.54) is 49.9 Å². The van der Waals surface area contributed by atoms with Crippen LogP contribution in [0.15, 0.2) is 18.2 Å². The molecule has 2 N–H and O–H groups in total. The summed E-state index contributed by atoms with van der Waals surface area (Å²) in [4.78, 5) is 2.58. The second kappa shape index (κ2) is 4.10. The monoisotopic (exact) mass is 216 g/mol. The number of hydrogen-bond donors (Lipinski definition) is 1. The second-order valence-corrected chi connectivity index (χ2v) is 5.29. The number of nitrogen functional groups attached to an aromatic ring is 1. The first-order valence-electron chi connectivity index (χ1n) is 6.41. The van der Waals surface area contributed by atoms with E-state index < -0.39 is 0 Å². The molecule has 2 aliphatic rings. The van der Waals surface area contributed by atoms with Crippen molar-refractivity contribution in [3.63, 3.8) is 0 Å². The van der Waals surface area contributed by atoms with Gasteiger partial charge in [-0.05, 0) is 48.6 Å². The van der Waals surface area contributed by atoms with Crippen molar-refractivity contribution in [1.29, 1.82) is 0 Å². The summed E-state index contributed by atoms with van der Waals surface area (Å²) >= 11 is 0. The van der Waals surface area contributed by atoms with E-state index in [1.54, 1.807) is 0 Å². The summed E-state index contributed by atoms with van der Waals surface area (Å²) in [5, 5.41) is 0. The molecular formula is C14H20N2. The summed E-state index contributed by atoms with van der Waals surface area (Å²) < 4.78 is 0. The molecule has 0 spiro atoms. The van der Waals surface area contributed by atoms with Crippen molar-refractivity contribution < 1.29 is 0 Å². The minimum absolute atomic E-state index is 0.905. The van der Waals surface area contributed by atoms with Gasteiger partial charge < -0.3 is 5.73 Å². The third kappa shape index (κ3) is 2.22. The number of nitrogens with zero attached hydrogens (tertiary/aromatic N) is 1. The number of anilines is 1. The first-order valence-corrected chi connectivity index (χ1v) is 6.41. The summed E-state index contributed by atoms with van der Waals surface area (Å²) in [6, 6.07) is 6.38. The fourth-order valence-corrected chi connectivity index (χ4v) is 2.60. The standard InChI is InChI=1S/C14H20N2/c15-14-4-3-12-6-8-16(10-13(12)9-14)7-5-11-1-2-11/h3-4,9,11H,1-2,5-8,10,15H2. The molecule has 0 bridgehead atoms. The molecule has 3 rings (SSSR count). The van der Waals surface area contributed by atoms with Gasteiger partial charge in [-0.3, -0.25) is 4.90 Å². The van der Waals surface area contributed by atoms with Gasteiger partial charge >= 0.3 is 0 Å². The Hall–Kier alpha value is -1.02. The summed E-state index contributed by atoms with van der Waals surface area (Å²) in [5.74, 6) is 1.04. The fraction of sp³-hybridized carbons (Fsp3) is 0.571. The molecule has 2 nitrogen and oxygen atoms in total. The van der Waals surface area contributed by atoms with Crippen LogP contribution in [0, 0.1) is 5.92 Å². The molecule has 0 aromatic heterocycles. The minimum Gasteiger partial charge on any atom is -0.399 e. The smallest absolute Gasteiger partial charge is 0.0317 e. The molecule has 1 aromatic carbocycles. The van der Waals surface area contributed by atoms with Crippen LogP contribution in [0.3, 0.4) is 0 Å². The maximum Gasteiger partial charge on any atom is 0.0317 e. The molecule has 1 aliphatic heterocycles. The van der Waals surface area contributed by atoms with E-state index in [0.717, 1.165) is 18.2 Å². The molecule has 0 unspecified atom stereocenters. The molecule has 1 fully saturated rings. The Morgan fingerprint density at radius 2 is 2.12 bits per heavy atom. The first-order chi connectivity index (χ1) is 7.81. The average Bonchev–Trinajstić information content (AvgIpc) is 3.09. The number of fused-ring (bicyclic) bond motifs is 1. The largest absolute Gasteiger partial charge is 0.399 e. The Morgan fingerprint density at radius 1 is 1.25 bits per heavy atom. The zero-order chi connectivity index (χ0) is 11.0. The van der Waals surface area contributed by atoms with Gasteiger partial charge in [0.05, 0.1) is 0 Å². The van der Waals surface area contributed by atoms with Crippen LogP contribution in [-0.4, -0.2) is 18.0 Å². The van der Waals surface area contributed by atoms with E-state index in [2.05, 4.69) is 17.0 Å². The van der Waals surface area contributed by atoms with E-state index >= 15 is 0 Å². The van der Waals surface area contributed by atoms with E-state index in [4.69, 9.17) is 5.73 Å². The SMILES string of the molecule is Nc1ccc2c(c1)CN(CCC1CC1)CC2. The molecule has 1 saturated carbocycles. The Balaban J connectivity index is 1.64. The lowest BCUT2D eigenvalue weighted by Gasteiger charge is -2.28. The molecule has 0 saturated heterocycles. The predicted molar refractivity (Wildman–Crippen MR) is 67.2 cm³/mol. The van der Waals surface area contributed by atoms with Gasteiger partial charge in [0, 0.05) is 18.8 Å². The van der Waals surface area contributed by atoms with Crippen LogP contribution in [-0.2, 0) is 13.0 Å². The maximum absolute atomic E-state index is 5.84. The van der Waals surface area contributed by atoms with E-state index in [-0.39, 0.29) is 0 Å².